The van der Waals surface area contributed by atoms with Crippen LogP contribution in [0.1, 0.15) is 48.9 Å². The van der Waals surface area contributed by atoms with Crippen LogP contribution in [0.3, 0.4) is 0 Å². The Hall–Kier alpha value is -2.62. The first kappa shape index (κ1) is 20.7. The van der Waals surface area contributed by atoms with Gasteiger partial charge in [0.25, 0.3) is 0 Å². The number of hydrogen-bond acceptors (Lipinski definition) is 4. The molecule has 4 heteroatoms. The molecular weight excluding hydrogens is 340 g/mol. The summed E-state index contributed by atoms with van der Waals surface area (Å²) < 4.78 is 21.8. The van der Waals surface area contributed by atoms with Crippen molar-refractivity contribution >= 4 is 12.2 Å². The summed E-state index contributed by atoms with van der Waals surface area (Å²) >= 11 is 0. The van der Waals surface area contributed by atoms with Gasteiger partial charge in [-0.2, -0.15) is 0 Å². The van der Waals surface area contributed by atoms with Crippen molar-refractivity contribution in [1.29, 1.82) is 0 Å². The summed E-state index contributed by atoms with van der Waals surface area (Å²) in [5.41, 5.74) is 4.77. The van der Waals surface area contributed by atoms with Gasteiger partial charge in [-0.05, 0) is 58.9 Å². The second-order valence-electron chi connectivity index (χ2n) is 6.18. The lowest BCUT2D eigenvalue weighted by molar-refractivity contribution is 0.353. The standard InChI is InChI=1S/C21H24O4.C2H6/c1-13-8-16-11-20(24-4)18(22-2)9-14(16)6-7-15-10-19(23-3)21(25-5)12-17(13)15;1-2/h6-7,9-13H,8H2,1-5H3;1-2H3/b7-6-;. The van der Waals surface area contributed by atoms with Gasteiger partial charge in [-0.1, -0.05) is 32.9 Å². The van der Waals surface area contributed by atoms with Gasteiger partial charge in [0.2, 0.25) is 0 Å². The Morgan fingerprint density at radius 1 is 0.667 bits per heavy atom. The van der Waals surface area contributed by atoms with Crippen LogP contribution in [0.15, 0.2) is 24.3 Å². The Bertz CT molecular complexity index is 809. The fraction of sp³-hybridized carbons (Fsp3) is 0.391. The second-order valence-corrected chi connectivity index (χ2v) is 6.18. The van der Waals surface area contributed by atoms with Gasteiger partial charge in [0.1, 0.15) is 0 Å². The maximum Gasteiger partial charge on any atom is 0.161 e. The summed E-state index contributed by atoms with van der Waals surface area (Å²) in [6, 6.07) is 8.21. The summed E-state index contributed by atoms with van der Waals surface area (Å²) in [6.45, 7) is 6.23. The van der Waals surface area contributed by atoms with Crippen LogP contribution in [-0.2, 0) is 6.42 Å². The second kappa shape index (κ2) is 9.36. The minimum atomic E-state index is 0.330. The van der Waals surface area contributed by atoms with E-state index in [4.69, 9.17) is 18.9 Å². The molecule has 0 spiro atoms. The molecule has 0 radical (unpaired) electrons. The van der Waals surface area contributed by atoms with Crippen molar-refractivity contribution in [1.82, 2.24) is 0 Å². The lowest BCUT2D eigenvalue weighted by atomic mass is 9.85. The Balaban J connectivity index is 0.00000126. The molecule has 1 unspecified atom stereocenters. The van der Waals surface area contributed by atoms with Crippen LogP contribution < -0.4 is 18.9 Å². The van der Waals surface area contributed by atoms with E-state index in [1.54, 1.807) is 28.4 Å². The maximum atomic E-state index is 5.47. The van der Waals surface area contributed by atoms with Gasteiger partial charge in [0.05, 0.1) is 28.4 Å². The molecule has 2 aromatic carbocycles. The van der Waals surface area contributed by atoms with Crippen LogP contribution in [0, 0.1) is 0 Å². The number of rotatable bonds is 4. The Labute approximate surface area is 162 Å². The summed E-state index contributed by atoms with van der Waals surface area (Å²) in [6.07, 6.45) is 5.15. The van der Waals surface area contributed by atoms with E-state index in [2.05, 4.69) is 31.2 Å². The Morgan fingerprint density at radius 2 is 1.11 bits per heavy atom. The van der Waals surface area contributed by atoms with E-state index < -0.39 is 0 Å². The molecule has 0 N–H and O–H groups in total. The highest BCUT2D eigenvalue weighted by atomic mass is 16.5. The summed E-state index contributed by atoms with van der Waals surface area (Å²) in [5.74, 6) is 3.33. The molecule has 3 rings (SSSR count). The van der Waals surface area contributed by atoms with Crippen molar-refractivity contribution < 1.29 is 18.9 Å². The largest absolute Gasteiger partial charge is 0.493 e. The van der Waals surface area contributed by atoms with E-state index in [1.807, 2.05) is 26.0 Å². The van der Waals surface area contributed by atoms with Gasteiger partial charge < -0.3 is 18.9 Å². The van der Waals surface area contributed by atoms with Crippen LogP contribution in [0.25, 0.3) is 12.2 Å². The number of hydrogen-bond donors (Lipinski definition) is 0. The Kier molecular flexibility index (Phi) is 7.17. The van der Waals surface area contributed by atoms with Crippen molar-refractivity contribution in [2.24, 2.45) is 0 Å². The zero-order valence-corrected chi connectivity index (χ0v) is 17.4. The van der Waals surface area contributed by atoms with Gasteiger partial charge >= 0.3 is 0 Å². The highest BCUT2D eigenvalue weighted by molar-refractivity contribution is 5.77. The predicted molar refractivity (Wildman–Crippen MR) is 111 cm³/mol. The lowest BCUT2D eigenvalue weighted by Gasteiger charge is -2.22. The summed E-state index contributed by atoms with van der Waals surface area (Å²) in [4.78, 5) is 0. The molecule has 1 atom stereocenters. The molecule has 27 heavy (non-hydrogen) atoms. The molecule has 0 aliphatic heterocycles. The molecule has 0 bridgehead atoms. The van der Waals surface area contributed by atoms with Crippen LogP contribution in [0.4, 0.5) is 0 Å². The number of methoxy groups -OCH3 is 4. The Morgan fingerprint density at radius 3 is 1.67 bits per heavy atom. The molecule has 0 saturated heterocycles. The number of benzene rings is 2. The first-order valence-corrected chi connectivity index (χ1v) is 9.30. The fourth-order valence-electron chi connectivity index (χ4n) is 3.37. The quantitative estimate of drug-likeness (QED) is 0.704. The third-order valence-corrected chi connectivity index (χ3v) is 4.73. The highest BCUT2D eigenvalue weighted by Crippen LogP contribution is 2.39. The number of ether oxygens (including phenoxy) is 4. The van der Waals surface area contributed by atoms with E-state index in [0.717, 1.165) is 40.5 Å². The van der Waals surface area contributed by atoms with Crippen molar-refractivity contribution in [3.05, 3.63) is 46.5 Å². The predicted octanol–water partition coefficient (Wildman–Crippen LogP) is 5.58. The zero-order valence-electron chi connectivity index (χ0n) is 17.4. The molecular formula is C23H30O4. The lowest BCUT2D eigenvalue weighted by Crippen LogP contribution is -2.06. The van der Waals surface area contributed by atoms with Gasteiger partial charge in [-0.15, -0.1) is 0 Å². The average molecular weight is 370 g/mol. The van der Waals surface area contributed by atoms with Gasteiger partial charge in [-0.25, -0.2) is 0 Å². The molecule has 0 saturated carbocycles. The van der Waals surface area contributed by atoms with Gasteiger partial charge in [0.15, 0.2) is 23.0 Å². The van der Waals surface area contributed by atoms with E-state index in [0.29, 0.717) is 5.92 Å². The minimum Gasteiger partial charge on any atom is -0.493 e. The van der Waals surface area contributed by atoms with Crippen LogP contribution >= 0.6 is 0 Å². The zero-order chi connectivity index (χ0) is 20.0. The monoisotopic (exact) mass is 370 g/mol. The van der Waals surface area contributed by atoms with E-state index in [9.17, 15) is 0 Å². The maximum absolute atomic E-state index is 5.47. The van der Waals surface area contributed by atoms with Gasteiger partial charge in [-0.3, -0.25) is 0 Å². The summed E-state index contributed by atoms with van der Waals surface area (Å²) in [7, 11) is 6.65. The van der Waals surface area contributed by atoms with E-state index in [-0.39, 0.29) is 0 Å². The minimum absolute atomic E-state index is 0.330. The molecule has 4 nitrogen and oxygen atoms in total. The molecule has 1 aliphatic carbocycles. The molecule has 146 valence electrons. The molecule has 2 aromatic rings. The SMILES string of the molecule is CC.COc1cc2c(cc1OC)CC(C)c1cc(OC)c(OC)cc1/C=C\2. The first-order chi connectivity index (χ1) is 13.1. The highest BCUT2D eigenvalue weighted by Gasteiger charge is 2.20. The first-order valence-electron chi connectivity index (χ1n) is 9.30. The van der Waals surface area contributed by atoms with Crippen molar-refractivity contribution in [3.8, 4) is 23.0 Å². The molecule has 1 aliphatic rings. The third-order valence-electron chi connectivity index (χ3n) is 4.73. The van der Waals surface area contributed by atoms with Crippen LogP contribution in [0.5, 0.6) is 23.0 Å². The summed E-state index contributed by atoms with van der Waals surface area (Å²) in [5, 5.41) is 0. The van der Waals surface area contributed by atoms with Crippen molar-refractivity contribution in [2.45, 2.75) is 33.1 Å². The van der Waals surface area contributed by atoms with E-state index >= 15 is 0 Å². The smallest absolute Gasteiger partial charge is 0.161 e. The molecule has 0 aromatic heterocycles. The van der Waals surface area contributed by atoms with Crippen molar-refractivity contribution in [3.63, 3.8) is 0 Å². The number of fused-ring (bicyclic) bond motifs is 2. The fourth-order valence-corrected chi connectivity index (χ4v) is 3.37. The average Bonchev–Trinajstić information content (AvgIpc) is 2.71. The topological polar surface area (TPSA) is 36.9 Å². The third kappa shape index (κ3) is 4.21. The van der Waals surface area contributed by atoms with Crippen LogP contribution in [-0.4, -0.2) is 28.4 Å². The molecule has 0 amide bonds. The van der Waals surface area contributed by atoms with Gasteiger partial charge in [0, 0.05) is 0 Å². The molecule has 0 heterocycles. The van der Waals surface area contributed by atoms with Crippen molar-refractivity contribution in [2.75, 3.05) is 28.4 Å². The molecule has 0 fully saturated rings. The van der Waals surface area contributed by atoms with Crippen LogP contribution in [0.2, 0.25) is 0 Å². The normalized spacial score (nSPS) is 15.7. The van der Waals surface area contributed by atoms with E-state index in [1.165, 1.54) is 11.1 Å².